The van der Waals surface area contributed by atoms with Crippen molar-refractivity contribution in [3.05, 3.63) is 59.7 Å². The van der Waals surface area contributed by atoms with Gasteiger partial charge in [0.1, 0.15) is 11.6 Å². The summed E-state index contributed by atoms with van der Waals surface area (Å²) in [5.74, 6) is 1.70. The minimum absolute atomic E-state index is 0.0246. The number of hydrogen-bond donors (Lipinski definition) is 0. The Hall–Kier alpha value is -4.01. The van der Waals surface area contributed by atoms with Crippen molar-refractivity contribution in [2.45, 2.75) is 32.2 Å². The molecule has 0 N–H and O–H groups in total. The Balaban J connectivity index is 1.21. The monoisotopic (exact) mass is 490 g/mol. The van der Waals surface area contributed by atoms with Gasteiger partial charge in [0.2, 0.25) is 5.88 Å². The van der Waals surface area contributed by atoms with E-state index in [1.807, 2.05) is 11.1 Å². The van der Waals surface area contributed by atoms with E-state index in [0.717, 1.165) is 24.9 Å². The molecule has 0 saturated carbocycles. The van der Waals surface area contributed by atoms with Gasteiger partial charge in [-0.25, -0.2) is 9.37 Å². The van der Waals surface area contributed by atoms with Crippen LogP contribution in [0, 0.1) is 12.7 Å². The van der Waals surface area contributed by atoms with Crippen molar-refractivity contribution < 1.29 is 23.4 Å². The van der Waals surface area contributed by atoms with Gasteiger partial charge >= 0.3 is 0 Å². The number of rotatable bonds is 8. The first-order chi connectivity index (χ1) is 17.5. The van der Waals surface area contributed by atoms with Gasteiger partial charge in [-0.3, -0.25) is 9.79 Å². The smallest absolute Gasteiger partial charge is 0.256 e. The third kappa shape index (κ3) is 5.00. The molecule has 186 valence electrons. The fourth-order valence-electron chi connectivity index (χ4n) is 4.42. The van der Waals surface area contributed by atoms with E-state index < -0.39 is 0 Å². The number of aryl methyl sites for hydroxylation is 1. The minimum atomic E-state index is -0.300. The van der Waals surface area contributed by atoms with Gasteiger partial charge in [0, 0.05) is 36.9 Å². The minimum Gasteiger partial charge on any atom is -0.493 e. The van der Waals surface area contributed by atoms with Crippen LogP contribution in [-0.2, 0) is 0 Å². The summed E-state index contributed by atoms with van der Waals surface area (Å²) in [7, 11) is 1.55. The maximum absolute atomic E-state index is 13.2. The van der Waals surface area contributed by atoms with Crippen LogP contribution in [0.25, 0.3) is 11.3 Å². The molecule has 3 aromatic rings. The van der Waals surface area contributed by atoms with Crippen LogP contribution in [0.1, 0.15) is 35.4 Å². The SMILES string of the molecule is COc1cc2c(cc1OCCCOc1cc(-c3ccc(F)cc3)nc(C)n1)N=C[C@@H]1CCCN1C2=O. The number of ether oxygens (including phenoxy) is 3. The topological polar surface area (TPSA) is 86.1 Å². The van der Waals surface area contributed by atoms with Crippen LogP contribution >= 0.6 is 0 Å². The fourth-order valence-corrected chi connectivity index (χ4v) is 4.42. The zero-order valence-electron chi connectivity index (χ0n) is 20.2. The number of benzene rings is 2. The van der Waals surface area contributed by atoms with Crippen LogP contribution in [0.3, 0.4) is 0 Å². The highest BCUT2D eigenvalue weighted by atomic mass is 19.1. The molecular weight excluding hydrogens is 463 g/mol. The maximum Gasteiger partial charge on any atom is 0.256 e. The standard InChI is InChI=1S/C27H27FN4O4/c1-17-30-22(18-6-8-19(28)9-7-18)15-26(31-17)36-12-4-11-35-25-14-23-21(13-24(25)34-2)27(33)32-10-3-5-20(32)16-29-23/h6-9,13-16,20H,3-5,10-12H2,1-2H3/t20-/m0/s1. The number of fused-ring (bicyclic) bond motifs is 2. The number of aliphatic imine (C=N–C) groups is 1. The fraction of sp³-hybridized carbons (Fsp3) is 0.333. The summed E-state index contributed by atoms with van der Waals surface area (Å²) in [4.78, 5) is 28.2. The van der Waals surface area contributed by atoms with Crippen molar-refractivity contribution >= 4 is 17.8 Å². The van der Waals surface area contributed by atoms with Gasteiger partial charge in [-0.2, -0.15) is 4.98 Å². The number of halogens is 1. The third-order valence-electron chi connectivity index (χ3n) is 6.21. The second kappa shape index (κ2) is 10.3. The Morgan fingerprint density at radius 3 is 2.67 bits per heavy atom. The van der Waals surface area contributed by atoms with Crippen molar-refractivity contribution in [2.75, 3.05) is 26.9 Å². The predicted octanol–water partition coefficient (Wildman–Crippen LogP) is 4.77. The van der Waals surface area contributed by atoms with Gasteiger partial charge in [0.25, 0.3) is 5.91 Å². The van der Waals surface area contributed by atoms with E-state index in [9.17, 15) is 9.18 Å². The van der Waals surface area contributed by atoms with Gasteiger partial charge < -0.3 is 19.1 Å². The quantitative estimate of drug-likeness (QED) is 0.423. The van der Waals surface area contributed by atoms with Crippen molar-refractivity contribution in [1.29, 1.82) is 0 Å². The molecule has 3 heterocycles. The summed E-state index contributed by atoms with van der Waals surface area (Å²) in [5.41, 5.74) is 2.57. The van der Waals surface area contributed by atoms with E-state index in [2.05, 4.69) is 15.0 Å². The zero-order valence-corrected chi connectivity index (χ0v) is 20.2. The third-order valence-corrected chi connectivity index (χ3v) is 6.21. The highest BCUT2D eigenvalue weighted by Crippen LogP contribution is 2.38. The second-order valence-electron chi connectivity index (χ2n) is 8.70. The van der Waals surface area contributed by atoms with Gasteiger partial charge in [-0.05, 0) is 50.1 Å². The van der Waals surface area contributed by atoms with Crippen LogP contribution < -0.4 is 14.2 Å². The summed E-state index contributed by atoms with van der Waals surface area (Å²) < 4.78 is 30.5. The molecule has 9 heteroatoms. The molecule has 8 nitrogen and oxygen atoms in total. The lowest BCUT2D eigenvalue weighted by molar-refractivity contribution is 0.0774. The molecule has 0 spiro atoms. The van der Waals surface area contributed by atoms with Crippen LogP contribution in [0.15, 0.2) is 47.5 Å². The molecule has 5 rings (SSSR count). The lowest BCUT2D eigenvalue weighted by atomic mass is 10.1. The lowest BCUT2D eigenvalue weighted by Crippen LogP contribution is -2.35. The molecule has 1 aromatic heterocycles. The Bertz CT molecular complexity index is 1300. The van der Waals surface area contributed by atoms with Crippen molar-refractivity contribution in [3.8, 4) is 28.6 Å². The number of amides is 1. The normalized spacial score (nSPS) is 16.4. The molecule has 36 heavy (non-hydrogen) atoms. The zero-order chi connectivity index (χ0) is 25.1. The predicted molar refractivity (Wildman–Crippen MR) is 133 cm³/mol. The van der Waals surface area contributed by atoms with E-state index in [1.54, 1.807) is 44.4 Å². The molecule has 0 radical (unpaired) electrons. The van der Waals surface area contributed by atoms with Gasteiger partial charge in [0.15, 0.2) is 11.5 Å². The summed E-state index contributed by atoms with van der Waals surface area (Å²) >= 11 is 0. The van der Waals surface area contributed by atoms with Crippen LogP contribution in [0.4, 0.5) is 10.1 Å². The molecular formula is C27H27FN4O4. The van der Waals surface area contributed by atoms with Gasteiger partial charge in [-0.1, -0.05) is 0 Å². The van der Waals surface area contributed by atoms with Crippen LogP contribution in [0.5, 0.6) is 17.4 Å². The highest BCUT2D eigenvalue weighted by molar-refractivity contribution is 6.03. The van der Waals surface area contributed by atoms with E-state index >= 15 is 0 Å². The molecule has 0 unspecified atom stereocenters. The van der Waals surface area contributed by atoms with E-state index in [1.165, 1.54) is 12.1 Å². The number of nitrogens with zero attached hydrogens (tertiary/aromatic N) is 4. The molecule has 1 saturated heterocycles. The number of aromatic nitrogens is 2. The Morgan fingerprint density at radius 2 is 1.86 bits per heavy atom. The molecule has 2 aliphatic rings. The number of carbonyl (C=O) groups excluding carboxylic acids is 1. The highest BCUT2D eigenvalue weighted by Gasteiger charge is 2.32. The first-order valence-electron chi connectivity index (χ1n) is 12.0. The molecule has 1 atom stereocenters. The first-order valence-corrected chi connectivity index (χ1v) is 12.0. The van der Waals surface area contributed by atoms with E-state index in [-0.39, 0.29) is 17.8 Å². The Morgan fingerprint density at radius 1 is 1.06 bits per heavy atom. The summed E-state index contributed by atoms with van der Waals surface area (Å²) in [6.45, 7) is 3.27. The van der Waals surface area contributed by atoms with Crippen LogP contribution in [-0.4, -0.2) is 59.9 Å². The summed E-state index contributed by atoms with van der Waals surface area (Å²) in [6, 6.07) is 11.4. The molecule has 1 amide bonds. The first kappa shape index (κ1) is 23.7. The molecule has 2 aromatic carbocycles. The molecule has 0 aliphatic carbocycles. The van der Waals surface area contributed by atoms with Crippen molar-refractivity contribution in [2.24, 2.45) is 4.99 Å². The Kier molecular flexibility index (Phi) is 6.79. The Labute approximate surface area is 208 Å². The lowest BCUT2D eigenvalue weighted by Gasteiger charge is -2.20. The number of hydrogen-bond acceptors (Lipinski definition) is 7. The van der Waals surface area contributed by atoms with Crippen LogP contribution in [0.2, 0.25) is 0 Å². The average Bonchev–Trinajstić information content (AvgIpc) is 3.31. The van der Waals surface area contributed by atoms with E-state index in [0.29, 0.717) is 59.8 Å². The number of methoxy groups -OCH3 is 1. The van der Waals surface area contributed by atoms with Gasteiger partial charge in [0.05, 0.1) is 43.3 Å². The summed E-state index contributed by atoms with van der Waals surface area (Å²) in [5, 5.41) is 0. The molecule has 1 fully saturated rings. The average molecular weight is 491 g/mol. The maximum atomic E-state index is 13.2. The number of carbonyl (C=O) groups is 1. The van der Waals surface area contributed by atoms with E-state index in [4.69, 9.17) is 14.2 Å². The van der Waals surface area contributed by atoms with Crippen molar-refractivity contribution in [1.82, 2.24) is 14.9 Å². The second-order valence-corrected chi connectivity index (χ2v) is 8.70. The van der Waals surface area contributed by atoms with Crippen molar-refractivity contribution in [3.63, 3.8) is 0 Å². The van der Waals surface area contributed by atoms with Gasteiger partial charge in [-0.15, -0.1) is 0 Å². The molecule has 2 aliphatic heterocycles. The largest absolute Gasteiger partial charge is 0.493 e. The summed E-state index contributed by atoms with van der Waals surface area (Å²) in [6.07, 6.45) is 4.36. The molecule has 0 bridgehead atoms.